The summed E-state index contributed by atoms with van der Waals surface area (Å²) >= 11 is 0. The molecule has 1 aliphatic carbocycles. The number of carbonyl (C=O) groups is 1. The van der Waals surface area contributed by atoms with Gasteiger partial charge in [0.25, 0.3) is 0 Å². The third-order valence-electron chi connectivity index (χ3n) is 5.70. The number of ether oxygens (including phenoxy) is 2. The maximum Gasteiger partial charge on any atom is 0.322 e. The Morgan fingerprint density at radius 3 is 2.16 bits per heavy atom. The van der Waals surface area contributed by atoms with Gasteiger partial charge in [0.2, 0.25) is 0 Å². The molecule has 32 heavy (non-hydrogen) atoms. The van der Waals surface area contributed by atoms with E-state index >= 15 is 0 Å². The molecule has 3 aromatic rings. The molecule has 0 spiro atoms. The van der Waals surface area contributed by atoms with Gasteiger partial charge in [-0.1, -0.05) is 30.3 Å². The van der Waals surface area contributed by atoms with Gasteiger partial charge in [-0.25, -0.2) is 13.6 Å². The lowest BCUT2D eigenvalue weighted by molar-refractivity contribution is 0.243. The van der Waals surface area contributed by atoms with Crippen LogP contribution in [0.2, 0.25) is 0 Å². The third kappa shape index (κ3) is 4.23. The quantitative estimate of drug-likeness (QED) is 0.598. The second-order valence-corrected chi connectivity index (χ2v) is 7.60. The Morgan fingerprint density at radius 2 is 1.59 bits per heavy atom. The van der Waals surface area contributed by atoms with Crippen LogP contribution in [0.1, 0.15) is 16.7 Å². The second-order valence-electron chi connectivity index (χ2n) is 7.60. The number of carbonyl (C=O) groups excluding carboxylic acids is 1. The molecule has 0 bridgehead atoms. The number of nitrogens with one attached hydrogen (secondary N) is 1. The van der Waals surface area contributed by atoms with Crippen LogP contribution in [0.5, 0.6) is 11.5 Å². The molecule has 0 aliphatic heterocycles. The number of rotatable bonds is 6. The van der Waals surface area contributed by atoms with Gasteiger partial charge < -0.3 is 14.8 Å². The largest absolute Gasteiger partial charge is 0.496 e. The van der Waals surface area contributed by atoms with Crippen molar-refractivity contribution in [2.45, 2.75) is 25.4 Å². The predicted octanol–water partition coefficient (Wildman–Crippen LogP) is 4.87. The lowest BCUT2D eigenvalue weighted by atomic mass is 10.1. The van der Waals surface area contributed by atoms with Gasteiger partial charge >= 0.3 is 6.03 Å². The molecule has 0 fully saturated rings. The average Bonchev–Trinajstić information content (AvgIpc) is 3.24. The van der Waals surface area contributed by atoms with E-state index in [1.54, 1.807) is 14.2 Å². The van der Waals surface area contributed by atoms with Crippen molar-refractivity contribution in [2.24, 2.45) is 0 Å². The summed E-state index contributed by atoms with van der Waals surface area (Å²) in [6.07, 6.45) is 0.899. The Labute approximate surface area is 185 Å². The van der Waals surface area contributed by atoms with Gasteiger partial charge in [0, 0.05) is 29.8 Å². The van der Waals surface area contributed by atoms with Crippen LogP contribution >= 0.6 is 0 Å². The van der Waals surface area contributed by atoms with Crippen LogP contribution in [0.4, 0.5) is 19.3 Å². The molecule has 0 aromatic heterocycles. The van der Waals surface area contributed by atoms with Crippen molar-refractivity contribution in [2.75, 3.05) is 19.1 Å². The normalized spacial score (nSPS) is 12.9. The molecule has 4 rings (SSSR count). The van der Waals surface area contributed by atoms with E-state index in [2.05, 4.69) is 5.32 Å². The monoisotopic (exact) mass is 438 g/mol. The first kappa shape index (κ1) is 21.6. The fourth-order valence-corrected chi connectivity index (χ4v) is 4.21. The summed E-state index contributed by atoms with van der Waals surface area (Å²) in [5.41, 5.74) is 2.77. The molecule has 0 saturated carbocycles. The highest BCUT2D eigenvalue weighted by molar-refractivity contribution is 5.93. The summed E-state index contributed by atoms with van der Waals surface area (Å²) in [5, 5.41) is 2.86. The summed E-state index contributed by atoms with van der Waals surface area (Å²) in [4.78, 5) is 14.7. The lowest BCUT2D eigenvalue weighted by Crippen LogP contribution is -2.47. The Hall–Kier alpha value is -3.61. The summed E-state index contributed by atoms with van der Waals surface area (Å²) in [7, 11) is 3.17. The van der Waals surface area contributed by atoms with Gasteiger partial charge in [-0.05, 0) is 42.7 Å². The number of methoxy groups -OCH3 is 2. The average molecular weight is 438 g/mol. The molecule has 2 amide bonds. The molecule has 1 N–H and O–H groups in total. The molecule has 1 aliphatic rings. The van der Waals surface area contributed by atoms with E-state index < -0.39 is 23.7 Å². The van der Waals surface area contributed by atoms with E-state index in [1.165, 1.54) is 11.0 Å². The van der Waals surface area contributed by atoms with Crippen molar-refractivity contribution in [1.82, 2.24) is 5.32 Å². The number of nitrogens with zero attached hydrogens (tertiary/aromatic N) is 1. The number of amides is 2. The van der Waals surface area contributed by atoms with E-state index in [-0.39, 0.29) is 12.2 Å². The Morgan fingerprint density at radius 1 is 0.969 bits per heavy atom. The zero-order chi connectivity index (χ0) is 22.7. The van der Waals surface area contributed by atoms with Crippen molar-refractivity contribution in [3.8, 4) is 11.5 Å². The van der Waals surface area contributed by atoms with Crippen molar-refractivity contribution >= 4 is 11.7 Å². The molecule has 0 heterocycles. The van der Waals surface area contributed by atoms with E-state index in [1.807, 2.05) is 42.5 Å². The Kier molecular flexibility index (Phi) is 6.25. The minimum absolute atomic E-state index is 0.0210. The van der Waals surface area contributed by atoms with Crippen LogP contribution in [0, 0.1) is 11.6 Å². The molecule has 0 saturated heterocycles. The van der Waals surface area contributed by atoms with E-state index in [0.29, 0.717) is 24.3 Å². The van der Waals surface area contributed by atoms with E-state index in [4.69, 9.17) is 9.47 Å². The van der Waals surface area contributed by atoms with Gasteiger partial charge in [0.1, 0.15) is 23.1 Å². The molecule has 0 atom stereocenters. The number of hydrogen-bond donors (Lipinski definition) is 1. The predicted molar refractivity (Wildman–Crippen MR) is 118 cm³/mol. The molecule has 3 aromatic carbocycles. The number of fused-ring (bicyclic) bond motifs is 1. The maximum absolute atomic E-state index is 14.8. The molecular weight excluding hydrogens is 414 g/mol. The van der Waals surface area contributed by atoms with E-state index in [0.717, 1.165) is 28.8 Å². The van der Waals surface area contributed by atoms with Gasteiger partial charge in [-0.2, -0.15) is 0 Å². The zero-order valence-corrected chi connectivity index (χ0v) is 17.9. The summed E-state index contributed by atoms with van der Waals surface area (Å²) in [5.74, 6) is -0.122. The number of halogens is 2. The highest BCUT2D eigenvalue weighted by Crippen LogP contribution is 2.40. The van der Waals surface area contributed by atoms with Crippen molar-refractivity contribution in [3.63, 3.8) is 0 Å². The van der Waals surface area contributed by atoms with Gasteiger partial charge in [-0.3, -0.25) is 4.90 Å². The number of benzene rings is 3. The third-order valence-corrected chi connectivity index (χ3v) is 5.70. The molecule has 7 heteroatoms. The minimum Gasteiger partial charge on any atom is -0.496 e. The topological polar surface area (TPSA) is 50.8 Å². The van der Waals surface area contributed by atoms with Crippen LogP contribution in [0.25, 0.3) is 0 Å². The number of urea groups is 1. The smallest absolute Gasteiger partial charge is 0.322 e. The molecule has 166 valence electrons. The standard InChI is InChI=1S/C25H24F2N2O3/c1-31-23-10-11-24(32-2)20-14-18(13-19(20)23)29(22-9-8-17(26)12-21(22)27)25(30)28-15-16-6-4-3-5-7-16/h3-12,18H,13-15H2,1-2H3,(H,28,30). The van der Waals surface area contributed by atoms with Crippen LogP contribution in [-0.2, 0) is 19.4 Å². The minimum atomic E-state index is -0.797. The zero-order valence-electron chi connectivity index (χ0n) is 17.9. The summed E-state index contributed by atoms with van der Waals surface area (Å²) in [6.45, 7) is 0.283. The second kappa shape index (κ2) is 9.26. The Balaban J connectivity index is 1.67. The number of hydrogen-bond acceptors (Lipinski definition) is 3. The molecular formula is C25H24F2N2O3. The highest BCUT2D eigenvalue weighted by Gasteiger charge is 2.36. The van der Waals surface area contributed by atoms with Crippen molar-refractivity contribution in [1.29, 1.82) is 0 Å². The fraction of sp³-hybridized carbons (Fsp3) is 0.240. The van der Waals surface area contributed by atoms with Crippen molar-refractivity contribution in [3.05, 3.63) is 89.0 Å². The van der Waals surface area contributed by atoms with Gasteiger partial charge in [0.15, 0.2) is 0 Å². The Bertz CT molecular complexity index is 1090. The fourth-order valence-electron chi connectivity index (χ4n) is 4.21. The maximum atomic E-state index is 14.8. The van der Waals surface area contributed by atoms with E-state index in [9.17, 15) is 13.6 Å². The molecule has 5 nitrogen and oxygen atoms in total. The van der Waals surface area contributed by atoms with Gasteiger partial charge in [0.05, 0.1) is 19.9 Å². The van der Waals surface area contributed by atoms with Crippen LogP contribution in [0.3, 0.4) is 0 Å². The first-order valence-corrected chi connectivity index (χ1v) is 10.3. The summed E-state index contributed by atoms with van der Waals surface area (Å²) < 4.78 is 39.4. The summed E-state index contributed by atoms with van der Waals surface area (Å²) in [6, 6.07) is 15.4. The number of anilines is 1. The molecule has 0 unspecified atom stereocenters. The van der Waals surface area contributed by atoms with Gasteiger partial charge in [-0.15, -0.1) is 0 Å². The SMILES string of the molecule is COc1ccc(OC)c2c1CC(N(C(=O)NCc1ccccc1)c1ccc(F)cc1F)C2. The van der Waals surface area contributed by atoms with Crippen LogP contribution in [0.15, 0.2) is 60.7 Å². The van der Waals surface area contributed by atoms with Crippen LogP contribution < -0.4 is 19.7 Å². The molecule has 0 radical (unpaired) electrons. The lowest BCUT2D eigenvalue weighted by Gasteiger charge is -2.29. The first-order chi connectivity index (χ1) is 15.5. The highest BCUT2D eigenvalue weighted by atomic mass is 19.1. The van der Waals surface area contributed by atoms with Crippen LogP contribution in [-0.4, -0.2) is 26.3 Å². The first-order valence-electron chi connectivity index (χ1n) is 10.3. The van der Waals surface area contributed by atoms with Crippen molar-refractivity contribution < 1.29 is 23.0 Å².